The second-order valence-electron chi connectivity index (χ2n) is 7.11. The summed E-state index contributed by atoms with van der Waals surface area (Å²) in [5.74, 6) is -1.85. The van der Waals surface area contributed by atoms with Crippen LogP contribution in [0.15, 0.2) is 54.6 Å². The average Bonchev–Trinajstić information content (AvgIpc) is 2.65. The van der Waals surface area contributed by atoms with Crippen molar-refractivity contribution in [3.05, 3.63) is 60.2 Å². The molecule has 2 rings (SSSR count). The third kappa shape index (κ3) is 7.17. The molecule has 0 spiro atoms. The molecule has 1 aliphatic carbocycles. The van der Waals surface area contributed by atoms with Crippen LogP contribution in [0.5, 0.6) is 0 Å². The molecule has 0 saturated heterocycles. The van der Waals surface area contributed by atoms with E-state index >= 15 is 0 Å². The van der Waals surface area contributed by atoms with Gasteiger partial charge in [0.15, 0.2) is 0 Å². The number of rotatable bonds is 11. The van der Waals surface area contributed by atoms with Gasteiger partial charge in [0.25, 0.3) is 5.79 Å². The second kappa shape index (κ2) is 11.0. The zero-order valence-corrected chi connectivity index (χ0v) is 15.9. The second-order valence-corrected chi connectivity index (χ2v) is 7.11. The highest BCUT2D eigenvalue weighted by Crippen LogP contribution is 2.27. The van der Waals surface area contributed by atoms with E-state index in [-0.39, 0.29) is 11.9 Å². The van der Waals surface area contributed by atoms with Crippen LogP contribution in [0.1, 0.15) is 76.2 Å². The lowest BCUT2D eigenvalue weighted by Gasteiger charge is -2.25. The maximum absolute atomic E-state index is 12.0. The van der Waals surface area contributed by atoms with Gasteiger partial charge in [-0.3, -0.25) is 4.79 Å². The van der Waals surface area contributed by atoms with Crippen molar-refractivity contribution in [2.75, 3.05) is 0 Å². The molecule has 0 atom stereocenters. The summed E-state index contributed by atoms with van der Waals surface area (Å²) in [5.41, 5.74) is 1.15. The average molecular weight is 357 g/mol. The smallest absolute Gasteiger partial charge is 0.308 e. The van der Waals surface area contributed by atoms with Crippen molar-refractivity contribution < 1.29 is 14.6 Å². The maximum Gasteiger partial charge on any atom is 0.308 e. The Morgan fingerprint density at radius 2 is 1.54 bits per heavy atom. The standard InChI is InChI=1S/C23H32O3/c1-2-3-4-5-6-7-8-12-15-22(24)26-23(25)18-16-21(17-19-23)20-13-10-9-11-14-20/h9-11,13-14,16-19,21,25H,2-8,12,15H2,1H3. The predicted molar refractivity (Wildman–Crippen MR) is 106 cm³/mol. The van der Waals surface area contributed by atoms with Gasteiger partial charge in [-0.1, -0.05) is 94.4 Å². The van der Waals surface area contributed by atoms with Crippen LogP contribution in [0.4, 0.5) is 0 Å². The largest absolute Gasteiger partial charge is 0.426 e. The lowest BCUT2D eigenvalue weighted by Crippen LogP contribution is -2.32. The fourth-order valence-corrected chi connectivity index (χ4v) is 3.20. The summed E-state index contributed by atoms with van der Waals surface area (Å²) in [7, 11) is 0. The number of aliphatic hydroxyl groups is 1. The Morgan fingerprint density at radius 1 is 0.962 bits per heavy atom. The zero-order valence-electron chi connectivity index (χ0n) is 15.9. The summed E-state index contributed by atoms with van der Waals surface area (Å²) in [5, 5.41) is 10.4. The molecular formula is C23H32O3. The molecule has 0 heterocycles. The first kappa shape index (κ1) is 20.4. The lowest BCUT2D eigenvalue weighted by molar-refractivity contribution is -0.177. The van der Waals surface area contributed by atoms with Crippen LogP contribution >= 0.6 is 0 Å². The fraction of sp³-hybridized carbons (Fsp3) is 0.522. The SMILES string of the molecule is CCCCCCCCCCC(=O)OC1(O)C=CC(c2ccccc2)C=C1. The van der Waals surface area contributed by atoms with E-state index in [9.17, 15) is 9.90 Å². The molecule has 1 N–H and O–H groups in total. The summed E-state index contributed by atoms with van der Waals surface area (Å²) in [6.07, 6.45) is 16.7. The summed E-state index contributed by atoms with van der Waals surface area (Å²) in [4.78, 5) is 12.0. The molecule has 26 heavy (non-hydrogen) atoms. The van der Waals surface area contributed by atoms with Crippen LogP contribution in [0.2, 0.25) is 0 Å². The van der Waals surface area contributed by atoms with Crippen molar-refractivity contribution in [3.8, 4) is 0 Å². The summed E-state index contributed by atoms with van der Waals surface area (Å²) < 4.78 is 5.27. The Kier molecular flexibility index (Phi) is 8.63. The molecule has 3 heteroatoms. The molecule has 0 unspecified atom stereocenters. The van der Waals surface area contributed by atoms with E-state index in [0.717, 1.165) is 18.4 Å². The Balaban J connectivity index is 1.65. The van der Waals surface area contributed by atoms with E-state index in [1.807, 2.05) is 42.5 Å². The van der Waals surface area contributed by atoms with Gasteiger partial charge in [-0.05, 0) is 24.1 Å². The number of ether oxygens (including phenoxy) is 1. The molecule has 0 fully saturated rings. The van der Waals surface area contributed by atoms with Crippen LogP contribution < -0.4 is 0 Å². The third-order valence-corrected chi connectivity index (χ3v) is 4.78. The Hall–Kier alpha value is -1.87. The van der Waals surface area contributed by atoms with Crippen LogP contribution in [-0.4, -0.2) is 16.9 Å². The topological polar surface area (TPSA) is 46.5 Å². The molecule has 0 aromatic heterocycles. The Labute approximate surface area is 157 Å². The minimum Gasteiger partial charge on any atom is -0.426 e. The van der Waals surface area contributed by atoms with Crippen molar-refractivity contribution >= 4 is 5.97 Å². The van der Waals surface area contributed by atoms with E-state index in [0.29, 0.717) is 6.42 Å². The van der Waals surface area contributed by atoms with Gasteiger partial charge >= 0.3 is 5.97 Å². The number of allylic oxidation sites excluding steroid dienone is 2. The van der Waals surface area contributed by atoms with Crippen LogP contribution in [0.3, 0.4) is 0 Å². The molecule has 0 radical (unpaired) electrons. The van der Waals surface area contributed by atoms with E-state index in [1.54, 1.807) is 12.2 Å². The van der Waals surface area contributed by atoms with Gasteiger partial charge in [0.05, 0.1) is 0 Å². The first-order valence-corrected chi connectivity index (χ1v) is 10.0. The van der Waals surface area contributed by atoms with E-state index in [2.05, 4.69) is 6.92 Å². The fourth-order valence-electron chi connectivity index (χ4n) is 3.20. The van der Waals surface area contributed by atoms with Crippen LogP contribution in [-0.2, 0) is 9.53 Å². The number of carbonyl (C=O) groups is 1. The summed E-state index contributed by atoms with van der Waals surface area (Å²) in [6, 6.07) is 10.0. The van der Waals surface area contributed by atoms with Gasteiger partial charge in [-0.15, -0.1) is 0 Å². The highest BCUT2D eigenvalue weighted by molar-refractivity contribution is 5.70. The molecule has 1 aromatic carbocycles. The van der Waals surface area contributed by atoms with Crippen molar-refractivity contribution in [1.82, 2.24) is 0 Å². The predicted octanol–water partition coefficient (Wildman–Crippen LogP) is 5.66. The molecular weight excluding hydrogens is 324 g/mol. The Morgan fingerprint density at radius 3 is 2.15 bits per heavy atom. The molecule has 1 aliphatic rings. The number of unbranched alkanes of at least 4 members (excludes halogenated alkanes) is 7. The maximum atomic E-state index is 12.0. The van der Waals surface area contributed by atoms with Crippen molar-refractivity contribution in [2.24, 2.45) is 0 Å². The highest BCUT2D eigenvalue weighted by atomic mass is 16.7. The summed E-state index contributed by atoms with van der Waals surface area (Å²) in [6.45, 7) is 2.22. The van der Waals surface area contributed by atoms with Gasteiger partial charge in [-0.2, -0.15) is 0 Å². The monoisotopic (exact) mass is 356 g/mol. The molecule has 3 nitrogen and oxygen atoms in total. The summed E-state index contributed by atoms with van der Waals surface area (Å²) >= 11 is 0. The number of benzene rings is 1. The molecule has 0 bridgehead atoms. The van der Waals surface area contributed by atoms with E-state index in [1.165, 1.54) is 38.5 Å². The number of hydrogen-bond donors (Lipinski definition) is 1. The number of carbonyl (C=O) groups excluding carboxylic acids is 1. The highest BCUT2D eigenvalue weighted by Gasteiger charge is 2.28. The van der Waals surface area contributed by atoms with Gasteiger partial charge in [0.1, 0.15) is 0 Å². The normalized spacial score (nSPS) is 21.7. The van der Waals surface area contributed by atoms with Crippen LogP contribution in [0.25, 0.3) is 0 Å². The number of esters is 1. The first-order chi connectivity index (χ1) is 12.6. The quantitative estimate of drug-likeness (QED) is 0.241. The third-order valence-electron chi connectivity index (χ3n) is 4.78. The lowest BCUT2D eigenvalue weighted by atomic mass is 9.93. The van der Waals surface area contributed by atoms with Gasteiger partial charge in [0.2, 0.25) is 0 Å². The Bertz CT molecular complexity index is 575. The molecule has 0 aliphatic heterocycles. The van der Waals surface area contributed by atoms with Gasteiger partial charge in [-0.25, -0.2) is 0 Å². The van der Waals surface area contributed by atoms with Crippen LogP contribution in [0, 0.1) is 0 Å². The van der Waals surface area contributed by atoms with Gasteiger partial charge < -0.3 is 9.84 Å². The van der Waals surface area contributed by atoms with Gasteiger partial charge in [0, 0.05) is 12.3 Å². The molecule has 0 saturated carbocycles. The minimum absolute atomic E-state index is 0.0999. The van der Waals surface area contributed by atoms with Crippen molar-refractivity contribution in [2.45, 2.75) is 76.4 Å². The van der Waals surface area contributed by atoms with E-state index < -0.39 is 5.79 Å². The number of hydrogen-bond acceptors (Lipinski definition) is 3. The molecule has 142 valence electrons. The minimum atomic E-state index is -1.61. The van der Waals surface area contributed by atoms with Crippen molar-refractivity contribution in [1.29, 1.82) is 0 Å². The molecule has 0 amide bonds. The first-order valence-electron chi connectivity index (χ1n) is 10.0. The zero-order chi connectivity index (χ0) is 18.7. The van der Waals surface area contributed by atoms with E-state index in [4.69, 9.17) is 4.74 Å². The van der Waals surface area contributed by atoms with Crippen molar-refractivity contribution in [3.63, 3.8) is 0 Å². The molecule has 1 aromatic rings.